The van der Waals surface area contributed by atoms with E-state index in [1.54, 1.807) is 8.93 Å². The van der Waals surface area contributed by atoms with Gasteiger partial charge in [0.25, 0.3) is 0 Å². The lowest BCUT2D eigenvalue weighted by atomic mass is 10.1. The van der Waals surface area contributed by atoms with E-state index in [-0.39, 0.29) is 6.61 Å². The number of hydrogen-bond donors (Lipinski definition) is 1. The number of nitrogens with two attached hydrogens (primary N) is 1. The molecule has 0 fully saturated rings. The van der Waals surface area contributed by atoms with Crippen molar-refractivity contribution in [1.82, 2.24) is 0 Å². The molecule has 0 rings (SSSR count). The topological polar surface area (TPSA) is 69.4 Å². The summed E-state index contributed by atoms with van der Waals surface area (Å²) in [6.07, 6.45) is 1.77. The van der Waals surface area contributed by atoms with Gasteiger partial charge in [0.05, 0.1) is 6.61 Å². The molecule has 0 spiro atoms. The van der Waals surface area contributed by atoms with Gasteiger partial charge in [-0.25, -0.2) is 5.14 Å². The highest BCUT2D eigenvalue weighted by Crippen LogP contribution is 2.27. The fourth-order valence-corrected chi connectivity index (χ4v) is 3.38. The van der Waals surface area contributed by atoms with Gasteiger partial charge in [0.1, 0.15) is 0 Å². The molecule has 0 aromatic carbocycles. The summed E-state index contributed by atoms with van der Waals surface area (Å²) in [6.45, 7) is 4.45. The van der Waals surface area contributed by atoms with Crippen LogP contribution >= 0.6 is 30.1 Å². The summed E-state index contributed by atoms with van der Waals surface area (Å²) >= 11 is 2.22. The highest BCUT2D eigenvalue weighted by molar-refractivity contribution is 14.2. The molecule has 7 heteroatoms. The van der Waals surface area contributed by atoms with E-state index in [0.29, 0.717) is 17.6 Å². The highest BCUT2D eigenvalue weighted by atomic mass is 127. The Bertz CT molecular complexity index is 243. The Kier molecular flexibility index (Phi) is 7.75. The molecule has 1 unspecified atom stereocenters. The van der Waals surface area contributed by atoms with Crippen molar-refractivity contribution < 1.29 is 12.6 Å². The smallest absolute Gasteiger partial charge is 0.258 e. The second kappa shape index (κ2) is 7.26. The summed E-state index contributed by atoms with van der Waals surface area (Å²) in [6, 6.07) is 0. The Balaban J connectivity index is 3.74. The van der Waals surface area contributed by atoms with Gasteiger partial charge in [-0.3, -0.25) is 4.18 Å². The van der Waals surface area contributed by atoms with E-state index in [1.165, 1.54) is 0 Å². The van der Waals surface area contributed by atoms with Crippen LogP contribution in [0.2, 0.25) is 0 Å². The maximum Gasteiger partial charge on any atom is 0.333 e. The molecule has 1 atom stereocenters. The molecule has 2 N–H and O–H groups in total. The van der Waals surface area contributed by atoms with Crippen LogP contribution in [0.15, 0.2) is 0 Å². The predicted molar refractivity (Wildman–Crippen MR) is 68.5 cm³/mol. The van der Waals surface area contributed by atoms with E-state index >= 15 is 0 Å². The Morgan fingerprint density at radius 2 is 2.07 bits per heavy atom. The standard InChI is InChI=1S/C7H16INO3S2/c1-6(2)5-7(13-8)3-4-12-14(9,10)11/h6-7H,3-5H2,1-2H3,(H2,9,10,11). The van der Waals surface area contributed by atoms with Crippen LogP contribution in [0, 0.1) is 5.92 Å². The van der Waals surface area contributed by atoms with Gasteiger partial charge >= 0.3 is 10.3 Å². The average Bonchev–Trinajstić information content (AvgIpc) is 1.99. The van der Waals surface area contributed by atoms with Crippen LogP contribution in [0.1, 0.15) is 26.7 Å². The summed E-state index contributed by atoms with van der Waals surface area (Å²) in [5.74, 6) is 0.608. The van der Waals surface area contributed by atoms with Crippen molar-refractivity contribution in [3.05, 3.63) is 0 Å². The zero-order valence-corrected chi connectivity index (χ0v) is 12.1. The summed E-state index contributed by atoms with van der Waals surface area (Å²) in [5, 5.41) is 5.13. The second-order valence-corrected chi connectivity index (χ2v) is 7.04. The molecule has 0 radical (unpaired) electrons. The van der Waals surface area contributed by atoms with Gasteiger partial charge < -0.3 is 0 Å². The first kappa shape index (κ1) is 14.9. The minimum absolute atomic E-state index is 0.173. The Morgan fingerprint density at radius 3 is 2.43 bits per heavy atom. The van der Waals surface area contributed by atoms with Crippen molar-refractivity contribution in [3.63, 3.8) is 0 Å². The first-order valence-electron chi connectivity index (χ1n) is 4.29. The SMILES string of the molecule is CC(C)CC(CCOS(N)(=O)=O)SI. The van der Waals surface area contributed by atoms with Crippen LogP contribution in [0.25, 0.3) is 0 Å². The zero-order chi connectivity index (χ0) is 11.2. The molecule has 0 aromatic heterocycles. The molecule has 0 saturated carbocycles. The van der Waals surface area contributed by atoms with E-state index in [1.807, 2.05) is 0 Å². The molecule has 0 aliphatic rings. The van der Waals surface area contributed by atoms with E-state index in [9.17, 15) is 8.42 Å². The molecular weight excluding hydrogens is 337 g/mol. The van der Waals surface area contributed by atoms with Gasteiger partial charge in [0.2, 0.25) is 0 Å². The summed E-state index contributed by atoms with van der Waals surface area (Å²) in [4.78, 5) is 0. The molecular formula is C7H16INO3S2. The van der Waals surface area contributed by atoms with Crippen LogP contribution in [0.3, 0.4) is 0 Å². The van der Waals surface area contributed by atoms with Crippen molar-refractivity contribution in [2.45, 2.75) is 31.9 Å². The lowest BCUT2D eigenvalue weighted by Crippen LogP contribution is -2.18. The molecule has 0 aromatic rings. The van der Waals surface area contributed by atoms with E-state index in [2.05, 4.69) is 39.2 Å². The average molecular weight is 353 g/mol. The normalized spacial score (nSPS) is 14.6. The van der Waals surface area contributed by atoms with E-state index in [0.717, 1.165) is 6.42 Å². The Labute approximate surface area is 102 Å². The van der Waals surface area contributed by atoms with Gasteiger partial charge in [0.15, 0.2) is 0 Å². The zero-order valence-electron chi connectivity index (χ0n) is 8.27. The number of hydrogen-bond acceptors (Lipinski definition) is 4. The molecule has 0 aliphatic heterocycles. The third-order valence-corrected chi connectivity index (χ3v) is 4.88. The van der Waals surface area contributed by atoms with Crippen LogP contribution in [-0.2, 0) is 14.5 Å². The molecule has 14 heavy (non-hydrogen) atoms. The largest absolute Gasteiger partial charge is 0.333 e. The Hall–Kier alpha value is 0.950. The van der Waals surface area contributed by atoms with Gasteiger partial charge in [-0.05, 0) is 40.0 Å². The van der Waals surface area contributed by atoms with Crippen molar-refractivity contribution in [2.75, 3.05) is 6.61 Å². The van der Waals surface area contributed by atoms with Crippen LogP contribution in [-0.4, -0.2) is 20.3 Å². The van der Waals surface area contributed by atoms with Crippen molar-refractivity contribution in [2.24, 2.45) is 11.1 Å². The fourth-order valence-electron chi connectivity index (χ4n) is 1.02. The van der Waals surface area contributed by atoms with Crippen molar-refractivity contribution >= 4 is 40.4 Å². The van der Waals surface area contributed by atoms with Crippen molar-refractivity contribution in [1.29, 1.82) is 0 Å². The lowest BCUT2D eigenvalue weighted by molar-refractivity contribution is 0.307. The van der Waals surface area contributed by atoms with Crippen LogP contribution in [0.4, 0.5) is 0 Å². The minimum atomic E-state index is -3.77. The van der Waals surface area contributed by atoms with Gasteiger partial charge in [-0.2, -0.15) is 8.42 Å². The van der Waals surface area contributed by atoms with Gasteiger partial charge in [0, 0.05) is 5.25 Å². The summed E-state index contributed by atoms with van der Waals surface area (Å²) < 4.78 is 25.4. The Morgan fingerprint density at radius 1 is 1.50 bits per heavy atom. The van der Waals surface area contributed by atoms with Gasteiger partial charge in [-0.1, -0.05) is 22.8 Å². The predicted octanol–water partition coefficient (Wildman–Crippen LogP) is 2.09. The molecule has 86 valence electrons. The van der Waals surface area contributed by atoms with Crippen molar-refractivity contribution in [3.8, 4) is 0 Å². The van der Waals surface area contributed by atoms with E-state index in [4.69, 9.17) is 5.14 Å². The summed E-state index contributed by atoms with van der Waals surface area (Å²) in [7, 11) is -2.07. The molecule has 0 heterocycles. The number of halogens is 1. The molecule has 0 amide bonds. The molecule has 0 bridgehead atoms. The first-order valence-corrected chi connectivity index (χ1v) is 9.19. The molecule has 4 nitrogen and oxygen atoms in total. The first-order chi connectivity index (χ1) is 6.35. The van der Waals surface area contributed by atoms with E-state index < -0.39 is 10.3 Å². The monoisotopic (exact) mass is 353 g/mol. The minimum Gasteiger partial charge on any atom is -0.258 e. The maximum absolute atomic E-state index is 10.5. The fraction of sp³-hybridized carbons (Fsp3) is 1.00. The van der Waals surface area contributed by atoms with Crippen LogP contribution < -0.4 is 5.14 Å². The molecule has 0 aliphatic carbocycles. The lowest BCUT2D eigenvalue weighted by Gasteiger charge is -2.14. The second-order valence-electron chi connectivity index (χ2n) is 3.44. The third kappa shape index (κ3) is 9.50. The van der Waals surface area contributed by atoms with Crippen LogP contribution in [0.5, 0.6) is 0 Å². The molecule has 0 saturated heterocycles. The third-order valence-electron chi connectivity index (χ3n) is 1.55. The number of rotatable bonds is 7. The highest BCUT2D eigenvalue weighted by Gasteiger charge is 2.12. The quantitative estimate of drug-likeness (QED) is 0.712. The summed E-state index contributed by atoms with van der Waals surface area (Å²) in [5.41, 5.74) is 0. The van der Waals surface area contributed by atoms with Gasteiger partial charge in [-0.15, -0.1) is 0 Å². The maximum atomic E-state index is 10.5.